The van der Waals surface area contributed by atoms with E-state index >= 15 is 0 Å². The van der Waals surface area contributed by atoms with E-state index in [4.69, 9.17) is 4.74 Å². The SMILES string of the molecule is CCN(CC)c1ccc(NC(=O)Cc2ccc(N3CCOCC3)cc2)c(C)c1. The molecule has 0 saturated carbocycles. The number of ether oxygens (including phenoxy) is 1. The zero-order valence-electron chi connectivity index (χ0n) is 17.2. The number of hydrogen-bond acceptors (Lipinski definition) is 4. The van der Waals surface area contributed by atoms with Gasteiger partial charge in [-0.3, -0.25) is 4.79 Å². The third-order valence-electron chi connectivity index (χ3n) is 5.29. The quantitative estimate of drug-likeness (QED) is 0.791. The molecule has 2 aromatic carbocycles. The second-order valence-electron chi connectivity index (χ2n) is 7.16. The summed E-state index contributed by atoms with van der Waals surface area (Å²) in [7, 11) is 0. The van der Waals surface area contributed by atoms with Gasteiger partial charge in [-0.05, 0) is 62.2 Å². The molecule has 5 nitrogen and oxygen atoms in total. The summed E-state index contributed by atoms with van der Waals surface area (Å²) in [4.78, 5) is 17.1. The van der Waals surface area contributed by atoms with Gasteiger partial charge in [0.15, 0.2) is 0 Å². The van der Waals surface area contributed by atoms with Gasteiger partial charge >= 0.3 is 0 Å². The van der Waals surface area contributed by atoms with Crippen molar-refractivity contribution < 1.29 is 9.53 Å². The van der Waals surface area contributed by atoms with Crippen LogP contribution in [0.25, 0.3) is 0 Å². The van der Waals surface area contributed by atoms with E-state index in [1.54, 1.807) is 0 Å². The number of aryl methyl sites for hydroxylation is 1. The van der Waals surface area contributed by atoms with Gasteiger partial charge in [-0.1, -0.05) is 12.1 Å². The fourth-order valence-corrected chi connectivity index (χ4v) is 3.60. The van der Waals surface area contributed by atoms with Crippen LogP contribution in [-0.2, 0) is 16.0 Å². The van der Waals surface area contributed by atoms with Gasteiger partial charge in [0.2, 0.25) is 5.91 Å². The van der Waals surface area contributed by atoms with Crippen LogP contribution in [0, 0.1) is 6.92 Å². The highest BCUT2D eigenvalue weighted by atomic mass is 16.5. The Bertz CT molecular complexity index is 779. The molecule has 1 aliphatic heterocycles. The molecule has 0 aromatic heterocycles. The van der Waals surface area contributed by atoms with Crippen molar-refractivity contribution in [2.45, 2.75) is 27.2 Å². The Kier molecular flexibility index (Phi) is 6.93. The number of carbonyl (C=O) groups is 1. The molecule has 2 aromatic rings. The molecule has 1 fully saturated rings. The lowest BCUT2D eigenvalue weighted by Crippen LogP contribution is -2.36. The largest absolute Gasteiger partial charge is 0.378 e. The van der Waals surface area contributed by atoms with E-state index in [0.717, 1.165) is 56.2 Å². The van der Waals surface area contributed by atoms with Crippen LogP contribution in [0.3, 0.4) is 0 Å². The average Bonchev–Trinajstić information content (AvgIpc) is 2.72. The van der Waals surface area contributed by atoms with Crippen LogP contribution in [0.15, 0.2) is 42.5 Å². The number of rotatable bonds is 7. The number of amides is 1. The van der Waals surface area contributed by atoms with E-state index in [0.29, 0.717) is 6.42 Å². The van der Waals surface area contributed by atoms with Crippen molar-refractivity contribution in [2.24, 2.45) is 0 Å². The highest BCUT2D eigenvalue weighted by Crippen LogP contribution is 2.23. The number of nitrogens with one attached hydrogen (secondary N) is 1. The van der Waals surface area contributed by atoms with Gasteiger partial charge in [0, 0.05) is 43.2 Å². The Morgan fingerprint density at radius 2 is 1.75 bits per heavy atom. The van der Waals surface area contributed by atoms with Gasteiger partial charge in [-0.25, -0.2) is 0 Å². The van der Waals surface area contributed by atoms with Crippen molar-refractivity contribution in [2.75, 3.05) is 54.5 Å². The second-order valence-corrected chi connectivity index (χ2v) is 7.16. The first kappa shape index (κ1) is 20.2. The Hall–Kier alpha value is -2.53. The van der Waals surface area contributed by atoms with E-state index in [1.165, 1.54) is 11.4 Å². The lowest BCUT2D eigenvalue weighted by molar-refractivity contribution is -0.115. The summed E-state index contributed by atoms with van der Waals surface area (Å²) < 4.78 is 5.40. The average molecular weight is 382 g/mol. The number of hydrogen-bond donors (Lipinski definition) is 1. The third kappa shape index (κ3) is 5.04. The molecule has 1 heterocycles. The fourth-order valence-electron chi connectivity index (χ4n) is 3.60. The molecule has 150 valence electrons. The molecule has 28 heavy (non-hydrogen) atoms. The van der Waals surface area contributed by atoms with Crippen LogP contribution in [0.5, 0.6) is 0 Å². The predicted octanol–water partition coefficient (Wildman–Crippen LogP) is 3.86. The molecule has 3 rings (SSSR count). The Morgan fingerprint density at radius 3 is 2.36 bits per heavy atom. The summed E-state index contributed by atoms with van der Waals surface area (Å²) in [6.45, 7) is 11.7. The topological polar surface area (TPSA) is 44.8 Å². The highest BCUT2D eigenvalue weighted by Gasteiger charge is 2.12. The minimum absolute atomic E-state index is 0.0119. The zero-order chi connectivity index (χ0) is 19.9. The molecule has 0 radical (unpaired) electrons. The number of carbonyl (C=O) groups excluding carboxylic acids is 1. The monoisotopic (exact) mass is 381 g/mol. The van der Waals surface area contributed by atoms with Crippen molar-refractivity contribution in [3.63, 3.8) is 0 Å². The molecule has 0 bridgehead atoms. The first-order valence-corrected chi connectivity index (χ1v) is 10.2. The molecular weight excluding hydrogens is 350 g/mol. The maximum absolute atomic E-state index is 12.5. The van der Waals surface area contributed by atoms with Crippen LogP contribution in [0.2, 0.25) is 0 Å². The number of benzene rings is 2. The number of morpholine rings is 1. The molecular formula is C23H31N3O2. The minimum Gasteiger partial charge on any atom is -0.378 e. The van der Waals surface area contributed by atoms with Crippen LogP contribution < -0.4 is 15.1 Å². The lowest BCUT2D eigenvalue weighted by atomic mass is 10.1. The number of anilines is 3. The standard InChI is InChI=1S/C23H31N3O2/c1-4-25(5-2)21-10-11-22(18(3)16-21)24-23(27)17-19-6-8-20(9-7-19)26-12-14-28-15-13-26/h6-11,16H,4-5,12-15,17H2,1-3H3,(H,24,27). The highest BCUT2D eigenvalue weighted by molar-refractivity contribution is 5.93. The Labute approximate surface area is 168 Å². The van der Waals surface area contributed by atoms with E-state index in [9.17, 15) is 4.79 Å². The maximum Gasteiger partial charge on any atom is 0.228 e. The van der Waals surface area contributed by atoms with Crippen molar-refractivity contribution in [3.05, 3.63) is 53.6 Å². The first-order chi connectivity index (χ1) is 13.6. The van der Waals surface area contributed by atoms with Gasteiger partial charge in [0.1, 0.15) is 0 Å². The second kappa shape index (κ2) is 9.60. The van der Waals surface area contributed by atoms with Gasteiger partial charge in [-0.15, -0.1) is 0 Å². The molecule has 1 aliphatic rings. The van der Waals surface area contributed by atoms with Gasteiger partial charge in [0.25, 0.3) is 0 Å². The summed E-state index contributed by atoms with van der Waals surface area (Å²) in [5.41, 5.74) is 5.37. The summed E-state index contributed by atoms with van der Waals surface area (Å²) in [6.07, 6.45) is 0.376. The molecule has 0 spiro atoms. The van der Waals surface area contributed by atoms with E-state index < -0.39 is 0 Å². The maximum atomic E-state index is 12.5. The van der Waals surface area contributed by atoms with Crippen molar-refractivity contribution in [3.8, 4) is 0 Å². The van der Waals surface area contributed by atoms with Crippen molar-refractivity contribution in [1.29, 1.82) is 0 Å². The molecule has 0 unspecified atom stereocenters. The van der Waals surface area contributed by atoms with E-state index in [1.807, 2.05) is 25.1 Å². The smallest absolute Gasteiger partial charge is 0.228 e. The summed E-state index contributed by atoms with van der Waals surface area (Å²) >= 11 is 0. The molecule has 1 N–H and O–H groups in total. The number of nitrogens with zero attached hydrogens (tertiary/aromatic N) is 2. The first-order valence-electron chi connectivity index (χ1n) is 10.2. The summed E-state index contributed by atoms with van der Waals surface area (Å²) in [5, 5.41) is 3.05. The van der Waals surface area contributed by atoms with Crippen molar-refractivity contribution >= 4 is 23.0 Å². The molecule has 0 aliphatic carbocycles. The zero-order valence-corrected chi connectivity index (χ0v) is 17.2. The Balaban J connectivity index is 1.59. The fraction of sp³-hybridized carbons (Fsp3) is 0.435. The van der Waals surface area contributed by atoms with Gasteiger partial charge in [-0.2, -0.15) is 0 Å². The van der Waals surface area contributed by atoms with Crippen LogP contribution in [0.1, 0.15) is 25.0 Å². The van der Waals surface area contributed by atoms with Crippen molar-refractivity contribution in [1.82, 2.24) is 0 Å². The predicted molar refractivity (Wildman–Crippen MR) is 117 cm³/mol. The Morgan fingerprint density at radius 1 is 1.07 bits per heavy atom. The molecule has 1 amide bonds. The van der Waals surface area contributed by atoms with Crippen LogP contribution in [-0.4, -0.2) is 45.3 Å². The van der Waals surface area contributed by atoms with Crippen LogP contribution >= 0.6 is 0 Å². The molecule has 5 heteroatoms. The minimum atomic E-state index is 0.0119. The van der Waals surface area contributed by atoms with E-state index in [-0.39, 0.29) is 5.91 Å². The van der Waals surface area contributed by atoms with E-state index in [2.05, 4.69) is 53.2 Å². The van der Waals surface area contributed by atoms with Crippen LogP contribution in [0.4, 0.5) is 17.1 Å². The summed E-state index contributed by atoms with van der Waals surface area (Å²) in [6, 6.07) is 14.5. The third-order valence-corrected chi connectivity index (χ3v) is 5.29. The van der Waals surface area contributed by atoms with Gasteiger partial charge in [0.05, 0.1) is 19.6 Å². The normalized spacial score (nSPS) is 14.0. The van der Waals surface area contributed by atoms with Gasteiger partial charge < -0.3 is 19.9 Å². The lowest BCUT2D eigenvalue weighted by Gasteiger charge is -2.28. The summed E-state index contributed by atoms with van der Waals surface area (Å²) in [5.74, 6) is 0.0119. The molecule has 1 saturated heterocycles. The molecule has 0 atom stereocenters.